The molecule has 1 aliphatic heterocycles. The van der Waals surface area contributed by atoms with Crippen LogP contribution in [0.5, 0.6) is 0 Å². The molecule has 10 heteroatoms. The number of rotatable bonds is 44. The Kier molecular flexibility index (Phi) is 40.5. The second-order valence-corrected chi connectivity index (χ2v) is 18.4. The maximum absolute atomic E-state index is 13.1. The molecule has 1 fully saturated rings. The van der Waals surface area contributed by atoms with E-state index in [9.17, 15) is 35.4 Å². The van der Waals surface area contributed by atoms with Gasteiger partial charge in [0.1, 0.15) is 30.5 Å². The minimum Gasteiger partial charge on any atom is -0.394 e. The van der Waals surface area contributed by atoms with Gasteiger partial charge in [-0.3, -0.25) is 4.79 Å². The first-order valence-corrected chi connectivity index (χ1v) is 26.3. The predicted molar refractivity (Wildman–Crippen MR) is 259 cm³/mol. The summed E-state index contributed by atoms with van der Waals surface area (Å²) in [5.41, 5.74) is 0. The van der Waals surface area contributed by atoms with Gasteiger partial charge < -0.3 is 45.4 Å². The lowest BCUT2D eigenvalue weighted by Gasteiger charge is -2.40. The molecular weight excluding hydrogens is 795 g/mol. The molecule has 0 aromatic heterocycles. The predicted octanol–water partition coefficient (Wildman–Crippen LogP) is 11.0. The molecule has 370 valence electrons. The van der Waals surface area contributed by atoms with Crippen molar-refractivity contribution < 1.29 is 44.9 Å². The van der Waals surface area contributed by atoms with E-state index in [0.29, 0.717) is 19.3 Å². The third-order valence-corrected chi connectivity index (χ3v) is 12.6. The van der Waals surface area contributed by atoms with Crippen molar-refractivity contribution in [2.75, 3.05) is 13.2 Å². The molecule has 0 spiro atoms. The summed E-state index contributed by atoms with van der Waals surface area (Å²) in [6.45, 7) is 3.59. The molecule has 10 nitrogen and oxygen atoms in total. The number of unbranched alkanes of at least 4 members (excludes halogenated alkanes) is 29. The van der Waals surface area contributed by atoms with Crippen LogP contribution < -0.4 is 5.32 Å². The standard InChI is InChI=1S/C53H99NO9/c1-3-5-7-9-11-13-15-17-19-21-22-23-24-25-26-28-30-32-34-36-38-40-42-47(57)52(61)54-45(44-62-53-51(60)50(59)49(58)48(43-55)63-53)46(56)41-39-37-35-33-31-29-27-20-18-16-14-12-10-8-6-4-2/h18,20,31,33,39,41,45-51,53,55-60H,3-17,19,21-30,32,34-38,40,42-44H2,1-2H3,(H,54,61)/b20-18+,33-31+,41-39+. The third kappa shape index (κ3) is 32.7. The van der Waals surface area contributed by atoms with Crippen LogP contribution >= 0.6 is 0 Å². The van der Waals surface area contributed by atoms with Crippen LogP contribution in [0, 0.1) is 0 Å². The van der Waals surface area contributed by atoms with Gasteiger partial charge in [0.25, 0.3) is 0 Å². The monoisotopic (exact) mass is 894 g/mol. The Morgan fingerprint density at radius 1 is 0.540 bits per heavy atom. The van der Waals surface area contributed by atoms with Gasteiger partial charge in [-0.1, -0.05) is 224 Å². The van der Waals surface area contributed by atoms with Crippen LogP contribution in [-0.2, 0) is 14.3 Å². The van der Waals surface area contributed by atoms with Crippen molar-refractivity contribution in [3.05, 3.63) is 36.5 Å². The Morgan fingerprint density at radius 2 is 0.937 bits per heavy atom. The lowest BCUT2D eigenvalue weighted by molar-refractivity contribution is -0.302. The molecule has 1 saturated heterocycles. The summed E-state index contributed by atoms with van der Waals surface area (Å²) in [5.74, 6) is -0.627. The number of carbonyl (C=O) groups is 1. The van der Waals surface area contributed by atoms with E-state index in [-0.39, 0.29) is 6.61 Å². The van der Waals surface area contributed by atoms with E-state index in [1.54, 1.807) is 6.08 Å². The molecule has 0 aliphatic carbocycles. The van der Waals surface area contributed by atoms with Crippen LogP contribution in [-0.4, -0.2) is 98.7 Å². The molecule has 1 aliphatic rings. The van der Waals surface area contributed by atoms with Crippen molar-refractivity contribution in [3.63, 3.8) is 0 Å². The van der Waals surface area contributed by atoms with Gasteiger partial charge in [0.2, 0.25) is 5.91 Å². The van der Waals surface area contributed by atoms with Crippen LogP contribution in [0.1, 0.15) is 232 Å². The molecular formula is C53H99NO9. The number of aliphatic hydroxyl groups excluding tert-OH is 6. The molecule has 7 N–H and O–H groups in total. The fourth-order valence-electron chi connectivity index (χ4n) is 8.25. The molecule has 8 unspecified atom stereocenters. The lowest BCUT2D eigenvalue weighted by Crippen LogP contribution is -2.60. The molecule has 1 heterocycles. The zero-order valence-corrected chi connectivity index (χ0v) is 40.4. The van der Waals surface area contributed by atoms with Crippen LogP contribution in [0.2, 0.25) is 0 Å². The van der Waals surface area contributed by atoms with Gasteiger partial charge in [0.15, 0.2) is 6.29 Å². The fraction of sp³-hybridized carbons (Fsp3) is 0.868. The maximum Gasteiger partial charge on any atom is 0.249 e. The summed E-state index contributed by atoms with van der Waals surface area (Å²) in [6.07, 6.45) is 43.8. The summed E-state index contributed by atoms with van der Waals surface area (Å²) >= 11 is 0. The fourth-order valence-corrected chi connectivity index (χ4v) is 8.25. The van der Waals surface area contributed by atoms with Crippen LogP contribution in [0.4, 0.5) is 0 Å². The van der Waals surface area contributed by atoms with Gasteiger partial charge in [-0.15, -0.1) is 0 Å². The van der Waals surface area contributed by atoms with Crippen molar-refractivity contribution in [1.82, 2.24) is 5.32 Å². The SMILES string of the molecule is CCCCCCCC/C=C/CC/C=C/CC/C=C/C(O)C(COC1OC(CO)C(O)C(O)C1O)NC(=O)C(O)CCCCCCCCCCCCCCCCCCCCCCCC. The normalized spacial score (nSPS) is 20.9. The summed E-state index contributed by atoms with van der Waals surface area (Å²) < 4.78 is 11.1. The number of hydrogen-bond donors (Lipinski definition) is 7. The zero-order chi connectivity index (χ0) is 46.0. The van der Waals surface area contributed by atoms with Gasteiger partial charge in [0, 0.05) is 0 Å². The van der Waals surface area contributed by atoms with E-state index in [4.69, 9.17) is 9.47 Å². The van der Waals surface area contributed by atoms with Crippen LogP contribution in [0.3, 0.4) is 0 Å². The van der Waals surface area contributed by atoms with Crippen molar-refractivity contribution in [2.45, 2.75) is 281 Å². The minimum atomic E-state index is -1.62. The first-order valence-electron chi connectivity index (χ1n) is 26.3. The number of carbonyl (C=O) groups excluding carboxylic acids is 1. The molecule has 1 amide bonds. The van der Waals surface area contributed by atoms with Crippen molar-refractivity contribution in [2.24, 2.45) is 0 Å². The highest BCUT2D eigenvalue weighted by Gasteiger charge is 2.44. The van der Waals surface area contributed by atoms with E-state index in [1.807, 2.05) is 6.08 Å². The smallest absolute Gasteiger partial charge is 0.249 e. The second-order valence-electron chi connectivity index (χ2n) is 18.4. The van der Waals surface area contributed by atoms with Gasteiger partial charge in [-0.05, 0) is 44.9 Å². The Hall–Kier alpha value is -1.63. The summed E-state index contributed by atoms with van der Waals surface area (Å²) in [7, 11) is 0. The molecule has 0 bridgehead atoms. The summed E-state index contributed by atoms with van der Waals surface area (Å²) in [5, 5.41) is 64.8. The number of nitrogens with one attached hydrogen (secondary N) is 1. The van der Waals surface area contributed by atoms with E-state index in [1.165, 1.54) is 154 Å². The molecule has 0 saturated carbocycles. The molecule has 1 rings (SSSR count). The minimum absolute atomic E-state index is 0.304. The van der Waals surface area contributed by atoms with Gasteiger partial charge in [0.05, 0.1) is 25.4 Å². The van der Waals surface area contributed by atoms with Crippen molar-refractivity contribution >= 4 is 5.91 Å². The average Bonchev–Trinajstić information content (AvgIpc) is 3.28. The average molecular weight is 894 g/mol. The van der Waals surface area contributed by atoms with Gasteiger partial charge >= 0.3 is 0 Å². The summed E-state index contributed by atoms with van der Waals surface area (Å²) in [6, 6.07) is -1.00. The lowest BCUT2D eigenvalue weighted by atomic mass is 9.99. The third-order valence-electron chi connectivity index (χ3n) is 12.6. The summed E-state index contributed by atoms with van der Waals surface area (Å²) in [4.78, 5) is 13.1. The highest BCUT2D eigenvalue weighted by Crippen LogP contribution is 2.23. The van der Waals surface area contributed by atoms with Crippen LogP contribution in [0.15, 0.2) is 36.5 Å². The highest BCUT2D eigenvalue weighted by atomic mass is 16.7. The Labute approximate surface area is 385 Å². The molecule has 0 aromatic carbocycles. The van der Waals surface area contributed by atoms with Gasteiger partial charge in [-0.2, -0.15) is 0 Å². The quantitative estimate of drug-likeness (QED) is 0.0232. The van der Waals surface area contributed by atoms with Gasteiger partial charge in [-0.25, -0.2) is 0 Å². The number of allylic oxidation sites excluding steroid dienone is 5. The van der Waals surface area contributed by atoms with Crippen molar-refractivity contribution in [1.29, 1.82) is 0 Å². The Bertz CT molecular complexity index is 1100. The number of ether oxygens (including phenoxy) is 2. The van der Waals surface area contributed by atoms with E-state index < -0.39 is 61.5 Å². The Morgan fingerprint density at radius 3 is 1.38 bits per heavy atom. The zero-order valence-electron chi connectivity index (χ0n) is 40.4. The van der Waals surface area contributed by atoms with E-state index in [0.717, 1.165) is 44.9 Å². The second kappa shape index (κ2) is 43.0. The maximum atomic E-state index is 13.1. The first kappa shape index (κ1) is 59.4. The molecule has 8 atom stereocenters. The molecule has 0 radical (unpaired) electrons. The van der Waals surface area contributed by atoms with Crippen LogP contribution in [0.25, 0.3) is 0 Å². The highest BCUT2D eigenvalue weighted by molar-refractivity contribution is 5.80. The number of amides is 1. The molecule has 0 aromatic rings. The number of hydrogen-bond acceptors (Lipinski definition) is 9. The topological polar surface area (TPSA) is 169 Å². The largest absolute Gasteiger partial charge is 0.394 e. The van der Waals surface area contributed by atoms with E-state index >= 15 is 0 Å². The number of aliphatic hydroxyl groups is 6. The molecule has 63 heavy (non-hydrogen) atoms. The van der Waals surface area contributed by atoms with E-state index in [2.05, 4.69) is 43.5 Å². The Balaban J connectivity index is 2.34. The van der Waals surface area contributed by atoms with Crippen molar-refractivity contribution in [3.8, 4) is 0 Å². The first-order chi connectivity index (χ1) is 30.8.